The molecule has 2 aromatic carbocycles. The molecule has 33 heavy (non-hydrogen) atoms. The maximum atomic E-state index is 13.1. The number of fused-ring (bicyclic) bond motifs is 1. The molecule has 1 unspecified atom stereocenters. The van der Waals surface area contributed by atoms with Gasteiger partial charge in [-0.15, -0.1) is 11.8 Å². The summed E-state index contributed by atoms with van der Waals surface area (Å²) in [5.41, 5.74) is 1.25. The fourth-order valence-electron chi connectivity index (χ4n) is 3.82. The molecule has 2 aliphatic heterocycles. The van der Waals surface area contributed by atoms with Crippen molar-refractivity contribution in [2.75, 3.05) is 0 Å². The van der Waals surface area contributed by atoms with Gasteiger partial charge in [0.25, 0.3) is 11.6 Å². The highest BCUT2D eigenvalue weighted by Crippen LogP contribution is 2.58. The van der Waals surface area contributed by atoms with Crippen LogP contribution in [-0.2, 0) is 20.9 Å². The number of β-lactam (4-membered cyclic amide) rings is 1. The van der Waals surface area contributed by atoms with Crippen molar-refractivity contribution >= 4 is 62.0 Å². The second-order valence-corrected chi connectivity index (χ2v) is 11.5. The van der Waals surface area contributed by atoms with Gasteiger partial charge in [0.1, 0.15) is 23.2 Å². The Kier molecular flexibility index (Phi) is 6.28. The fourth-order valence-corrected chi connectivity index (χ4v) is 6.62. The third-order valence-electron chi connectivity index (χ3n) is 5.49. The van der Waals surface area contributed by atoms with Gasteiger partial charge in [-0.1, -0.05) is 41.9 Å². The number of carbonyl (C=O) groups excluding carboxylic acids is 2. The number of aliphatic imine (C=N–C) groups is 1. The number of amides is 1. The molecular formula is C22H19BrClN3O5S. The quantitative estimate of drug-likeness (QED) is 0.0996. The fraction of sp³-hybridized carbons (Fsp3) is 0.318. The molecule has 2 fully saturated rings. The summed E-state index contributed by atoms with van der Waals surface area (Å²) in [6.45, 7) is 3.69. The highest BCUT2D eigenvalue weighted by Gasteiger charge is 2.71. The molecule has 8 nitrogen and oxygen atoms in total. The van der Waals surface area contributed by atoms with Gasteiger partial charge >= 0.3 is 5.97 Å². The predicted molar refractivity (Wildman–Crippen MR) is 129 cm³/mol. The van der Waals surface area contributed by atoms with Crippen LogP contribution in [0.3, 0.4) is 0 Å². The van der Waals surface area contributed by atoms with E-state index in [0.29, 0.717) is 11.1 Å². The topological polar surface area (TPSA) is 102 Å². The van der Waals surface area contributed by atoms with Crippen molar-refractivity contribution in [3.05, 3.63) is 75.8 Å². The van der Waals surface area contributed by atoms with E-state index in [1.165, 1.54) is 40.9 Å². The summed E-state index contributed by atoms with van der Waals surface area (Å²) in [5.74, 6) is -0.911. The number of hydrogen-bond donors (Lipinski definition) is 0. The highest BCUT2D eigenvalue weighted by molar-refractivity contribution is 9.10. The first-order valence-corrected chi connectivity index (χ1v) is 12.0. The Morgan fingerprint density at radius 1 is 1.24 bits per heavy atom. The smallest absolute Gasteiger partial charge is 0.330 e. The van der Waals surface area contributed by atoms with E-state index < -0.39 is 31.5 Å². The van der Waals surface area contributed by atoms with Crippen molar-refractivity contribution in [1.82, 2.24) is 4.90 Å². The summed E-state index contributed by atoms with van der Waals surface area (Å²) in [6, 6.07) is 14.1. The average molecular weight is 553 g/mol. The number of nitrogens with zero attached hydrogens (tertiary/aromatic N) is 3. The van der Waals surface area contributed by atoms with Crippen molar-refractivity contribution in [3.63, 3.8) is 0 Å². The number of nitro benzene ring substituents is 1. The van der Waals surface area contributed by atoms with Crippen LogP contribution in [0.2, 0.25) is 0 Å². The standard InChI is InChI=1S/C22H19BrClN3O5S/c1-21(2)16(18(28)32-12-13-8-10-15(11-9-13)27(30)31)26-19(29)22(23,20(26)33-21)25-17(24)14-6-4-3-5-7-14/h3-11,16,20H,12H2,1-2H3/b25-17-/t16-,20+,22?/m0/s1. The van der Waals surface area contributed by atoms with Gasteiger partial charge in [0.15, 0.2) is 0 Å². The number of esters is 1. The molecule has 0 aliphatic carbocycles. The lowest BCUT2D eigenvalue weighted by Crippen LogP contribution is -2.70. The summed E-state index contributed by atoms with van der Waals surface area (Å²) in [5, 5.41) is 10.5. The third kappa shape index (κ3) is 4.27. The summed E-state index contributed by atoms with van der Waals surface area (Å²) in [7, 11) is 0. The van der Waals surface area contributed by atoms with E-state index in [1.807, 2.05) is 32.0 Å². The molecular weight excluding hydrogens is 534 g/mol. The van der Waals surface area contributed by atoms with Crippen molar-refractivity contribution in [2.24, 2.45) is 4.99 Å². The average Bonchev–Trinajstić information content (AvgIpc) is 3.07. The van der Waals surface area contributed by atoms with E-state index in [9.17, 15) is 19.7 Å². The van der Waals surface area contributed by atoms with Gasteiger partial charge in [-0.05, 0) is 47.5 Å². The summed E-state index contributed by atoms with van der Waals surface area (Å²) >= 11 is 11.3. The second kappa shape index (κ2) is 8.73. The van der Waals surface area contributed by atoms with Crippen LogP contribution in [0.1, 0.15) is 25.0 Å². The monoisotopic (exact) mass is 551 g/mol. The van der Waals surface area contributed by atoms with Gasteiger partial charge in [0.2, 0.25) is 4.45 Å². The molecule has 0 saturated carbocycles. The molecule has 2 aliphatic rings. The van der Waals surface area contributed by atoms with Crippen LogP contribution < -0.4 is 0 Å². The molecule has 0 bridgehead atoms. The van der Waals surface area contributed by atoms with Crippen LogP contribution >= 0.6 is 39.3 Å². The molecule has 2 aromatic rings. The van der Waals surface area contributed by atoms with Gasteiger partial charge in [0, 0.05) is 22.4 Å². The number of hydrogen-bond acceptors (Lipinski definition) is 7. The van der Waals surface area contributed by atoms with Gasteiger partial charge in [0.05, 0.1) is 4.92 Å². The number of benzene rings is 2. The minimum Gasteiger partial charge on any atom is -0.459 e. The van der Waals surface area contributed by atoms with Crippen LogP contribution in [0.4, 0.5) is 5.69 Å². The van der Waals surface area contributed by atoms with Gasteiger partial charge in [-0.3, -0.25) is 14.9 Å². The van der Waals surface area contributed by atoms with Crippen molar-refractivity contribution in [1.29, 1.82) is 0 Å². The van der Waals surface area contributed by atoms with Crippen LogP contribution in [0.15, 0.2) is 59.6 Å². The lowest BCUT2D eigenvalue weighted by molar-refractivity contribution is -0.384. The lowest BCUT2D eigenvalue weighted by atomic mass is 9.96. The Bertz CT molecular complexity index is 1140. The van der Waals surface area contributed by atoms with E-state index >= 15 is 0 Å². The van der Waals surface area contributed by atoms with Crippen LogP contribution in [0.25, 0.3) is 0 Å². The summed E-state index contributed by atoms with van der Waals surface area (Å²) in [4.78, 5) is 42.4. The van der Waals surface area contributed by atoms with E-state index in [1.54, 1.807) is 12.1 Å². The molecule has 172 valence electrons. The molecule has 2 heterocycles. The first kappa shape index (κ1) is 23.7. The highest BCUT2D eigenvalue weighted by atomic mass is 79.9. The molecule has 0 aromatic heterocycles. The molecule has 0 N–H and O–H groups in total. The van der Waals surface area contributed by atoms with Crippen molar-refractivity contribution in [3.8, 4) is 0 Å². The normalized spacial score (nSPS) is 25.9. The third-order valence-corrected chi connectivity index (χ3v) is 8.67. The molecule has 11 heteroatoms. The number of nitro groups is 1. The number of rotatable bonds is 6. The predicted octanol–water partition coefficient (Wildman–Crippen LogP) is 4.48. The van der Waals surface area contributed by atoms with E-state index in [2.05, 4.69) is 20.9 Å². The SMILES string of the molecule is CC1(C)S[C@H]2N(C(=O)C2(Br)/N=C(\Cl)c2ccccc2)[C@H]1C(=O)OCc1ccc([N+](=O)[O-])cc1. The molecule has 1 amide bonds. The zero-order valence-electron chi connectivity index (χ0n) is 17.6. The first-order chi connectivity index (χ1) is 15.5. The Balaban J connectivity index is 1.49. The summed E-state index contributed by atoms with van der Waals surface area (Å²) in [6.07, 6.45) is 0. The molecule has 2 saturated heterocycles. The van der Waals surface area contributed by atoms with Crippen LogP contribution in [-0.4, -0.2) is 47.5 Å². The minimum absolute atomic E-state index is 0.0456. The van der Waals surface area contributed by atoms with Gasteiger partial charge in [-0.25, -0.2) is 9.79 Å². The number of thioether (sulfide) groups is 1. The number of carbonyl (C=O) groups is 2. The first-order valence-electron chi connectivity index (χ1n) is 9.95. The number of halogens is 2. The second-order valence-electron chi connectivity index (χ2n) is 8.16. The Hall–Kier alpha value is -2.43. The van der Waals surface area contributed by atoms with Gasteiger partial charge in [-0.2, -0.15) is 0 Å². The summed E-state index contributed by atoms with van der Waals surface area (Å²) < 4.78 is 3.58. The van der Waals surface area contributed by atoms with Crippen molar-refractivity contribution in [2.45, 2.75) is 41.1 Å². The van der Waals surface area contributed by atoms with Gasteiger partial charge < -0.3 is 9.64 Å². The van der Waals surface area contributed by atoms with E-state index in [4.69, 9.17) is 16.3 Å². The Morgan fingerprint density at radius 2 is 1.88 bits per heavy atom. The van der Waals surface area contributed by atoms with Crippen LogP contribution in [0.5, 0.6) is 0 Å². The zero-order chi connectivity index (χ0) is 24.0. The lowest BCUT2D eigenvalue weighted by Gasteiger charge is -2.47. The van der Waals surface area contributed by atoms with E-state index in [0.717, 1.165) is 0 Å². The van der Waals surface area contributed by atoms with Crippen molar-refractivity contribution < 1.29 is 19.2 Å². The number of ether oxygens (including phenoxy) is 1. The Labute approximate surface area is 207 Å². The van der Waals surface area contributed by atoms with E-state index in [-0.39, 0.29) is 23.4 Å². The largest absolute Gasteiger partial charge is 0.459 e. The Morgan fingerprint density at radius 3 is 2.48 bits per heavy atom. The maximum absolute atomic E-state index is 13.1. The number of alkyl halides is 1. The number of non-ortho nitro benzene ring substituents is 1. The zero-order valence-corrected chi connectivity index (χ0v) is 20.8. The molecule has 0 radical (unpaired) electrons. The minimum atomic E-state index is -1.27. The molecule has 4 rings (SSSR count). The molecule has 3 atom stereocenters. The maximum Gasteiger partial charge on any atom is 0.330 e. The molecule has 0 spiro atoms. The van der Waals surface area contributed by atoms with Crippen LogP contribution in [0, 0.1) is 10.1 Å².